The van der Waals surface area contributed by atoms with E-state index < -0.39 is 4.92 Å². The van der Waals surface area contributed by atoms with Gasteiger partial charge >= 0.3 is 11.7 Å². The molecule has 3 aromatic carbocycles. The van der Waals surface area contributed by atoms with Crippen LogP contribution in [0.25, 0.3) is 11.1 Å². The number of benzene rings is 3. The number of fused-ring (bicyclic) bond motifs is 2. The van der Waals surface area contributed by atoms with Gasteiger partial charge in [-0.15, -0.1) is 0 Å². The molecule has 4 rings (SSSR count). The van der Waals surface area contributed by atoms with E-state index in [4.69, 9.17) is 9.47 Å². The molecule has 1 aliphatic rings. The number of ether oxygens (including phenoxy) is 2. The predicted molar refractivity (Wildman–Crippen MR) is 118 cm³/mol. The molecule has 0 fully saturated rings. The standard InChI is InChI=1S/C23H19N3O6/c1-31-21-12-15(5-8-20(21)26(29)30)14-4-6-16-18(11-14)24-17-7-3-13(10-22(27)32-2)9-19(17)25-23(16)28/h3-9,11-12,24H,10H2,1-2H3,(H,25,28). The summed E-state index contributed by atoms with van der Waals surface area (Å²) >= 11 is 0. The number of anilines is 3. The molecule has 0 aromatic heterocycles. The summed E-state index contributed by atoms with van der Waals surface area (Å²) in [6.45, 7) is 0. The highest BCUT2D eigenvalue weighted by molar-refractivity contribution is 6.12. The first kappa shape index (κ1) is 20.9. The van der Waals surface area contributed by atoms with Crippen molar-refractivity contribution in [3.8, 4) is 16.9 Å². The first-order valence-corrected chi connectivity index (χ1v) is 9.64. The number of carbonyl (C=O) groups is 2. The van der Waals surface area contributed by atoms with E-state index in [2.05, 4.69) is 10.6 Å². The van der Waals surface area contributed by atoms with Gasteiger partial charge in [-0.3, -0.25) is 19.7 Å². The Kier molecular flexibility index (Phi) is 5.46. The van der Waals surface area contributed by atoms with Crippen LogP contribution in [0.1, 0.15) is 15.9 Å². The molecule has 1 amide bonds. The minimum atomic E-state index is -0.503. The van der Waals surface area contributed by atoms with Crippen molar-refractivity contribution < 1.29 is 24.0 Å². The Hall–Kier alpha value is -4.40. The third kappa shape index (κ3) is 3.95. The van der Waals surface area contributed by atoms with Crippen LogP contribution in [0.3, 0.4) is 0 Å². The van der Waals surface area contributed by atoms with Crippen molar-refractivity contribution >= 4 is 34.6 Å². The molecule has 3 aromatic rings. The number of nitrogens with one attached hydrogen (secondary N) is 2. The second-order valence-electron chi connectivity index (χ2n) is 7.12. The fraction of sp³-hybridized carbons (Fsp3) is 0.130. The molecule has 9 nitrogen and oxygen atoms in total. The number of hydrogen-bond acceptors (Lipinski definition) is 7. The highest BCUT2D eigenvalue weighted by atomic mass is 16.6. The Morgan fingerprint density at radius 1 is 0.938 bits per heavy atom. The van der Waals surface area contributed by atoms with Crippen LogP contribution in [-0.2, 0) is 16.0 Å². The summed E-state index contributed by atoms with van der Waals surface area (Å²) in [7, 11) is 2.70. The lowest BCUT2D eigenvalue weighted by Gasteiger charge is -2.12. The quantitative estimate of drug-likeness (QED) is 0.350. The largest absolute Gasteiger partial charge is 0.490 e. The smallest absolute Gasteiger partial charge is 0.310 e. The summed E-state index contributed by atoms with van der Waals surface area (Å²) in [5, 5.41) is 17.3. The average Bonchev–Trinajstić information content (AvgIpc) is 2.93. The first-order valence-electron chi connectivity index (χ1n) is 9.64. The zero-order chi connectivity index (χ0) is 22.8. The maximum atomic E-state index is 12.8. The lowest BCUT2D eigenvalue weighted by atomic mass is 10.0. The maximum Gasteiger partial charge on any atom is 0.310 e. The molecule has 1 heterocycles. The fourth-order valence-electron chi connectivity index (χ4n) is 3.52. The van der Waals surface area contributed by atoms with E-state index in [0.717, 1.165) is 5.56 Å². The minimum absolute atomic E-state index is 0.0960. The molecule has 0 unspecified atom stereocenters. The van der Waals surface area contributed by atoms with Crippen molar-refractivity contribution in [1.82, 2.24) is 0 Å². The van der Waals surface area contributed by atoms with Crippen molar-refractivity contribution in [1.29, 1.82) is 0 Å². The van der Waals surface area contributed by atoms with E-state index in [1.807, 2.05) is 0 Å². The zero-order valence-electron chi connectivity index (χ0n) is 17.3. The molecule has 0 saturated carbocycles. The molecule has 0 aliphatic carbocycles. The Morgan fingerprint density at radius 2 is 1.69 bits per heavy atom. The monoisotopic (exact) mass is 433 g/mol. The van der Waals surface area contributed by atoms with Gasteiger partial charge in [0, 0.05) is 6.07 Å². The molecule has 0 radical (unpaired) electrons. The molecule has 2 N–H and O–H groups in total. The van der Waals surface area contributed by atoms with Gasteiger partial charge in [0.1, 0.15) is 0 Å². The molecule has 32 heavy (non-hydrogen) atoms. The number of nitro benzene ring substituents is 1. The van der Waals surface area contributed by atoms with Gasteiger partial charge in [0.05, 0.1) is 48.2 Å². The number of methoxy groups -OCH3 is 2. The van der Waals surface area contributed by atoms with Crippen LogP contribution < -0.4 is 15.4 Å². The summed E-state index contributed by atoms with van der Waals surface area (Å²) in [5.74, 6) is -0.518. The summed E-state index contributed by atoms with van der Waals surface area (Å²) in [6, 6.07) is 15.1. The number of rotatable bonds is 5. The Morgan fingerprint density at radius 3 is 2.41 bits per heavy atom. The highest BCUT2D eigenvalue weighted by Gasteiger charge is 2.21. The van der Waals surface area contributed by atoms with Crippen molar-refractivity contribution in [3.05, 3.63) is 75.8 Å². The zero-order valence-corrected chi connectivity index (χ0v) is 17.3. The third-order valence-corrected chi connectivity index (χ3v) is 5.15. The maximum absolute atomic E-state index is 12.8. The summed E-state index contributed by atoms with van der Waals surface area (Å²) in [4.78, 5) is 35.0. The number of carbonyl (C=O) groups excluding carboxylic acids is 2. The van der Waals surface area contributed by atoms with E-state index in [-0.39, 0.29) is 29.7 Å². The molecular formula is C23H19N3O6. The average molecular weight is 433 g/mol. The summed E-state index contributed by atoms with van der Waals surface area (Å²) in [6.07, 6.45) is 0.0960. The number of amides is 1. The van der Waals surface area contributed by atoms with Gasteiger partial charge in [-0.25, -0.2) is 0 Å². The number of nitrogens with zero attached hydrogens (tertiary/aromatic N) is 1. The van der Waals surface area contributed by atoms with E-state index in [1.54, 1.807) is 48.5 Å². The third-order valence-electron chi connectivity index (χ3n) is 5.15. The van der Waals surface area contributed by atoms with Crippen LogP contribution in [0.2, 0.25) is 0 Å². The fourth-order valence-corrected chi connectivity index (χ4v) is 3.52. The van der Waals surface area contributed by atoms with Crippen LogP contribution >= 0.6 is 0 Å². The number of hydrogen-bond donors (Lipinski definition) is 2. The van der Waals surface area contributed by atoms with Crippen molar-refractivity contribution in [3.63, 3.8) is 0 Å². The number of esters is 1. The molecule has 0 spiro atoms. The van der Waals surface area contributed by atoms with Crippen LogP contribution in [0.4, 0.5) is 22.7 Å². The van der Waals surface area contributed by atoms with Crippen LogP contribution in [0.15, 0.2) is 54.6 Å². The van der Waals surface area contributed by atoms with E-state index in [9.17, 15) is 19.7 Å². The topological polar surface area (TPSA) is 120 Å². The van der Waals surface area contributed by atoms with Gasteiger partial charge < -0.3 is 20.1 Å². The first-order chi connectivity index (χ1) is 15.4. The Labute approximate surface area is 183 Å². The van der Waals surface area contributed by atoms with E-state index in [1.165, 1.54) is 20.3 Å². The summed E-state index contributed by atoms with van der Waals surface area (Å²) in [5.41, 5.74) is 4.28. The van der Waals surface area contributed by atoms with Gasteiger partial charge in [0.15, 0.2) is 5.75 Å². The van der Waals surface area contributed by atoms with Gasteiger partial charge in [0.25, 0.3) is 5.91 Å². The second-order valence-corrected chi connectivity index (χ2v) is 7.12. The van der Waals surface area contributed by atoms with Crippen molar-refractivity contribution in [2.45, 2.75) is 6.42 Å². The van der Waals surface area contributed by atoms with Gasteiger partial charge in [-0.05, 0) is 53.1 Å². The molecule has 1 aliphatic heterocycles. The van der Waals surface area contributed by atoms with Crippen molar-refractivity contribution in [2.24, 2.45) is 0 Å². The van der Waals surface area contributed by atoms with Gasteiger partial charge in [0.2, 0.25) is 0 Å². The molecule has 0 saturated heterocycles. The van der Waals surface area contributed by atoms with Crippen molar-refractivity contribution in [2.75, 3.05) is 24.9 Å². The normalized spacial score (nSPS) is 11.9. The molecule has 0 atom stereocenters. The SMILES string of the molecule is COC(=O)Cc1ccc2c(c1)NC(=O)c1ccc(-c3ccc([N+](=O)[O-])c(OC)c3)cc1N2. The van der Waals surface area contributed by atoms with Crippen LogP contribution in [0, 0.1) is 10.1 Å². The predicted octanol–water partition coefficient (Wildman–Crippen LogP) is 4.30. The van der Waals surface area contributed by atoms with Crippen LogP contribution in [-0.4, -0.2) is 31.0 Å². The molecule has 9 heteroatoms. The number of nitro groups is 1. The highest BCUT2D eigenvalue weighted by Crippen LogP contribution is 2.37. The summed E-state index contributed by atoms with van der Waals surface area (Å²) < 4.78 is 9.86. The Bertz CT molecular complexity index is 1250. The molecular weight excluding hydrogens is 414 g/mol. The molecule has 162 valence electrons. The van der Waals surface area contributed by atoms with E-state index >= 15 is 0 Å². The lowest BCUT2D eigenvalue weighted by Crippen LogP contribution is -2.11. The second kappa shape index (κ2) is 8.38. The van der Waals surface area contributed by atoms with Gasteiger partial charge in [-0.1, -0.05) is 12.1 Å². The van der Waals surface area contributed by atoms with Crippen LogP contribution in [0.5, 0.6) is 5.75 Å². The minimum Gasteiger partial charge on any atom is -0.490 e. The molecule has 0 bridgehead atoms. The lowest BCUT2D eigenvalue weighted by molar-refractivity contribution is -0.385. The van der Waals surface area contributed by atoms with E-state index in [0.29, 0.717) is 33.8 Å². The van der Waals surface area contributed by atoms with Gasteiger partial charge in [-0.2, -0.15) is 0 Å². The Balaban J connectivity index is 1.70.